The first kappa shape index (κ1) is 21.6. The minimum Gasteiger partial charge on any atom is -0.347 e. The lowest BCUT2D eigenvalue weighted by molar-refractivity contribution is -0.123. The van der Waals surface area contributed by atoms with Gasteiger partial charge in [-0.3, -0.25) is 9.59 Å². The average Bonchev–Trinajstić information content (AvgIpc) is 2.96. The molecule has 1 unspecified atom stereocenters. The van der Waals surface area contributed by atoms with Gasteiger partial charge in [0.1, 0.15) is 6.04 Å². The van der Waals surface area contributed by atoms with Gasteiger partial charge in [0, 0.05) is 39.8 Å². The minimum absolute atomic E-state index is 0.123. The first-order valence-corrected chi connectivity index (χ1v) is 10.1. The minimum atomic E-state index is -0.734. The third-order valence-electron chi connectivity index (χ3n) is 5.14. The molecule has 2 N–H and O–H groups in total. The maximum Gasteiger partial charge on any atom is 0.262 e. The fourth-order valence-corrected chi connectivity index (χ4v) is 3.52. The Morgan fingerprint density at radius 1 is 1.13 bits per heavy atom. The van der Waals surface area contributed by atoms with Crippen molar-refractivity contribution in [2.24, 2.45) is 18.1 Å². The van der Waals surface area contributed by atoms with Crippen molar-refractivity contribution in [3.63, 3.8) is 0 Å². The van der Waals surface area contributed by atoms with Gasteiger partial charge in [-0.1, -0.05) is 49.7 Å². The highest BCUT2D eigenvalue weighted by molar-refractivity contribution is 6.31. The van der Waals surface area contributed by atoms with E-state index in [-0.39, 0.29) is 17.7 Å². The molecule has 2 aromatic carbocycles. The van der Waals surface area contributed by atoms with Crippen molar-refractivity contribution in [1.82, 2.24) is 15.3 Å². The zero-order valence-corrected chi connectivity index (χ0v) is 18.2. The summed E-state index contributed by atoms with van der Waals surface area (Å²) in [5, 5.41) is 8.44. The normalized spacial score (nSPS) is 12.5. The topological polar surface area (TPSA) is 75.5 Å². The average molecular weight is 425 g/mol. The molecule has 0 aliphatic carbocycles. The molecular formula is C23H25ClN4O2. The molecule has 6 nitrogen and oxygen atoms in total. The molecule has 30 heavy (non-hydrogen) atoms. The Balaban J connectivity index is 1.73. The number of hydrogen-bond donors (Lipinski definition) is 2. The van der Waals surface area contributed by atoms with E-state index in [1.807, 2.05) is 52.1 Å². The first-order valence-electron chi connectivity index (χ1n) is 9.73. The van der Waals surface area contributed by atoms with Crippen molar-refractivity contribution >= 4 is 40.5 Å². The summed E-state index contributed by atoms with van der Waals surface area (Å²) in [5.74, 6) is -0.864. The molecular weight excluding hydrogens is 400 g/mol. The van der Waals surface area contributed by atoms with E-state index in [0.29, 0.717) is 10.6 Å². The van der Waals surface area contributed by atoms with Crippen LogP contribution in [0.25, 0.3) is 10.9 Å². The molecule has 2 amide bonds. The van der Waals surface area contributed by atoms with E-state index in [9.17, 15) is 9.59 Å². The number of hydrogen-bond acceptors (Lipinski definition) is 3. The number of fused-ring (bicyclic) bond motifs is 1. The van der Waals surface area contributed by atoms with Crippen molar-refractivity contribution in [3.8, 4) is 0 Å². The number of aromatic nitrogens is 1. The number of amides is 2. The second kappa shape index (κ2) is 9.13. The van der Waals surface area contributed by atoms with Gasteiger partial charge in [0.25, 0.3) is 11.8 Å². The molecule has 1 heterocycles. The highest BCUT2D eigenvalue weighted by Crippen LogP contribution is 2.23. The molecule has 0 saturated carbocycles. The van der Waals surface area contributed by atoms with Gasteiger partial charge in [0.2, 0.25) is 0 Å². The third kappa shape index (κ3) is 4.54. The van der Waals surface area contributed by atoms with E-state index >= 15 is 0 Å². The van der Waals surface area contributed by atoms with Crippen molar-refractivity contribution in [3.05, 3.63) is 70.4 Å². The van der Waals surface area contributed by atoms with Gasteiger partial charge in [-0.2, -0.15) is 5.10 Å². The Bertz CT molecular complexity index is 1120. The zero-order chi connectivity index (χ0) is 21.8. The molecule has 0 radical (unpaired) electrons. The maximum absolute atomic E-state index is 12.7. The van der Waals surface area contributed by atoms with Crippen LogP contribution in [-0.4, -0.2) is 28.6 Å². The zero-order valence-electron chi connectivity index (χ0n) is 17.4. The quantitative estimate of drug-likeness (QED) is 0.462. The van der Waals surface area contributed by atoms with E-state index in [2.05, 4.69) is 20.4 Å². The van der Waals surface area contributed by atoms with Crippen molar-refractivity contribution < 1.29 is 9.59 Å². The van der Waals surface area contributed by atoms with Crippen LogP contribution in [0.2, 0.25) is 5.02 Å². The Labute approximate surface area is 180 Å². The molecule has 1 aromatic heterocycles. The van der Waals surface area contributed by atoms with Crippen LogP contribution in [0.15, 0.2) is 53.6 Å². The number of benzene rings is 2. The fourth-order valence-electron chi connectivity index (χ4n) is 3.33. The Kier molecular flexibility index (Phi) is 6.57. The first-order chi connectivity index (χ1) is 14.3. The molecule has 0 aliphatic rings. The summed E-state index contributed by atoms with van der Waals surface area (Å²) in [6.45, 7) is 5.73. The lowest BCUT2D eigenvalue weighted by Gasteiger charge is -2.20. The molecule has 0 bridgehead atoms. The smallest absolute Gasteiger partial charge is 0.262 e. The van der Waals surface area contributed by atoms with E-state index in [4.69, 9.17) is 11.6 Å². The molecule has 156 valence electrons. The van der Waals surface area contributed by atoms with Gasteiger partial charge < -0.3 is 9.88 Å². The Morgan fingerprint density at radius 3 is 2.57 bits per heavy atom. The largest absolute Gasteiger partial charge is 0.347 e. The van der Waals surface area contributed by atoms with E-state index in [1.165, 1.54) is 0 Å². The van der Waals surface area contributed by atoms with Crippen LogP contribution in [-0.2, 0) is 11.8 Å². The van der Waals surface area contributed by atoms with Crippen molar-refractivity contribution in [2.45, 2.75) is 26.8 Å². The summed E-state index contributed by atoms with van der Waals surface area (Å²) in [6, 6.07) is 13.9. The summed E-state index contributed by atoms with van der Waals surface area (Å²) in [4.78, 5) is 25.2. The van der Waals surface area contributed by atoms with Crippen LogP contribution < -0.4 is 10.7 Å². The van der Waals surface area contributed by atoms with Gasteiger partial charge in [-0.15, -0.1) is 0 Å². The van der Waals surface area contributed by atoms with Crippen LogP contribution in [0.3, 0.4) is 0 Å². The highest BCUT2D eigenvalue weighted by atomic mass is 35.5. The number of para-hydroxylation sites is 1. The lowest BCUT2D eigenvalue weighted by atomic mass is 10.0. The second-order valence-corrected chi connectivity index (χ2v) is 7.95. The van der Waals surface area contributed by atoms with Crippen LogP contribution in [0.4, 0.5) is 0 Å². The number of hydrazone groups is 1. The fraction of sp³-hybridized carbons (Fsp3) is 0.261. The molecule has 0 aliphatic heterocycles. The standard InChI is InChI=1S/C23H25ClN4O2/c1-14(2)21(26-22(29)16-8-7-9-17(24)12-16)23(30)27-25-13-19-15(3)28(4)20-11-6-5-10-18(19)20/h5-14,21H,1-4H3,(H,26,29)(H,27,30). The Morgan fingerprint density at radius 2 is 1.87 bits per heavy atom. The molecule has 0 saturated heterocycles. The van der Waals surface area contributed by atoms with Gasteiger partial charge in [-0.25, -0.2) is 5.43 Å². The van der Waals surface area contributed by atoms with Gasteiger partial charge in [-0.05, 0) is 37.1 Å². The molecule has 1 atom stereocenters. The summed E-state index contributed by atoms with van der Waals surface area (Å²) < 4.78 is 2.08. The number of halogens is 1. The number of nitrogens with zero attached hydrogens (tertiary/aromatic N) is 2. The molecule has 0 spiro atoms. The summed E-state index contributed by atoms with van der Waals surface area (Å²) in [7, 11) is 1.99. The number of rotatable bonds is 6. The van der Waals surface area contributed by atoms with Crippen LogP contribution in [0.5, 0.6) is 0 Å². The predicted molar refractivity (Wildman–Crippen MR) is 121 cm³/mol. The Hall–Kier alpha value is -3.12. The van der Waals surface area contributed by atoms with Crippen LogP contribution >= 0.6 is 11.6 Å². The SMILES string of the molecule is Cc1c(C=NNC(=O)C(NC(=O)c2cccc(Cl)c2)C(C)C)c2ccccc2n1C. The van der Waals surface area contributed by atoms with Gasteiger partial charge >= 0.3 is 0 Å². The maximum atomic E-state index is 12.7. The summed E-state index contributed by atoms with van der Waals surface area (Å²) in [5.41, 5.74) is 6.04. The highest BCUT2D eigenvalue weighted by Gasteiger charge is 2.24. The monoisotopic (exact) mass is 424 g/mol. The van der Waals surface area contributed by atoms with Gasteiger partial charge in [0.15, 0.2) is 0 Å². The molecule has 3 aromatic rings. The summed E-state index contributed by atoms with van der Waals surface area (Å²) >= 11 is 5.95. The number of carbonyl (C=O) groups excluding carboxylic acids is 2. The third-order valence-corrected chi connectivity index (χ3v) is 5.37. The molecule has 3 rings (SSSR count). The van der Waals surface area contributed by atoms with Gasteiger partial charge in [0.05, 0.1) is 6.21 Å². The number of aryl methyl sites for hydroxylation is 1. The van der Waals surface area contributed by atoms with E-state index in [0.717, 1.165) is 22.2 Å². The van der Waals surface area contributed by atoms with Crippen molar-refractivity contribution in [1.29, 1.82) is 0 Å². The summed E-state index contributed by atoms with van der Waals surface area (Å²) in [6.07, 6.45) is 1.64. The number of carbonyl (C=O) groups is 2. The van der Waals surface area contributed by atoms with E-state index in [1.54, 1.807) is 30.5 Å². The molecule has 7 heteroatoms. The molecule has 0 fully saturated rings. The lowest BCUT2D eigenvalue weighted by Crippen LogP contribution is -2.48. The van der Waals surface area contributed by atoms with Crippen LogP contribution in [0, 0.1) is 12.8 Å². The van der Waals surface area contributed by atoms with Crippen LogP contribution in [0.1, 0.15) is 35.5 Å². The number of nitrogens with one attached hydrogen (secondary N) is 2. The predicted octanol–water partition coefficient (Wildman–Crippen LogP) is 4.04. The van der Waals surface area contributed by atoms with Crippen molar-refractivity contribution in [2.75, 3.05) is 0 Å². The second-order valence-electron chi connectivity index (χ2n) is 7.52. The van der Waals surface area contributed by atoms with E-state index < -0.39 is 6.04 Å².